The number of nitrogens with one attached hydrogen (secondary N) is 1. The highest BCUT2D eigenvalue weighted by Crippen LogP contribution is 2.20. The van der Waals surface area contributed by atoms with E-state index < -0.39 is 33.4 Å². The fraction of sp³-hybridized carbons (Fsp3) is 0.238. The van der Waals surface area contributed by atoms with E-state index in [0.717, 1.165) is 6.08 Å². The molecule has 0 saturated carbocycles. The van der Waals surface area contributed by atoms with Gasteiger partial charge in [0.05, 0.1) is 23.0 Å². The average Bonchev–Trinajstić information content (AvgIpc) is 2.82. The largest absolute Gasteiger partial charge is 0.452 e. The maximum Gasteiger partial charge on any atom is 0.331 e. The number of morpholine rings is 1. The number of carbonyl (C=O) groups is 2. The Morgan fingerprint density at radius 1 is 1.15 bits per heavy atom. The summed E-state index contributed by atoms with van der Waals surface area (Å²) >= 11 is 0. The Morgan fingerprint density at radius 2 is 1.85 bits per heavy atom. The van der Waals surface area contributed by atoms with E-state index in [0.29, 0.717) is 18.8 Å². The number of esters is 1. The number of rotatable bonds is 8. The summed E-state index contributed by atoms with van der Waals surface area (Å²) < 4.78 is 36.8. The van der Waals surface area contributed by atoms with Gasteiger partial charge < -0.3 is 14.8 Å². The molecule has 11 nitrogen and oxygen atoms in total. The Kier molecular flexibility index (Phi) is 7.87. The second-order valence-corrected chi connectivity index (χ2v) is 8.82. The number of amides is 1. The normalized spacial score (nSPS) is 14.7. The highest BCUT2D eigenvalue weighted by atomic mass is 32.2. The predicted octanol–water partition coefficient (Wildman–Crippen LogP) is 1.81. The molecule has 1 N–H and O–H groups in total. The highest BCUT2D eigenvalue weighted by Gasteiger charge is 2.26. The Morgan fingerprint density at radius 3 is 2.52 bits per heavy atom. The molecule has 0 aliphatic carbocycles. The minimum absolute atomic E-state index is 0.0326. The van der Waals surface area contributed by atoms with E-state index >= 15 is 0 Å². The van der Waals surface area contributed by atoms with Gasteiger partial charge in [0, 0.05) is 37.0 Å². The van der Waals surface area contributed by atoms with Crippen molar-refractivity contribution >= 4 is 39.4 Å². The molecule has 0 aromatic heterocycles. The number of anilines is 1. The molecule has 0 unspecified atom stereocenters. The van der Waals surface area contributed by atoms with E-state index in [2.05, 4.69) is 5.32 Å². The molecule has 2 aromatic carbocycles. The fourth-order valence-corrected chi connectivity index (χ4v) is 4.38. The zero-order valence-corrected chi connectivity index (χ0v) is 18.2. The molecule has 0 bridgehead atoms. The van der Waals surface area contributed by atoms with Crippen molar-refractivity contribution in [2.24, 2.45) is 0 Å². The Bertz CT molecular complexity index is 1160. The minimum Gasteiger partial charge on any atom is -0.452 e. The molecule has 2 aromatic rings. The third-order valence-corrected chi connectivity index (χ3v) is 6.48. The fourth-order valence-electron chi connectivity index (χ4n) is 2.92. The van der Waals surface area contributed by atoms with Crippen molar-refractivity contribution in [3.63, 3.8) is 0 Å². The van der Waals surface area contributed by atoms with Crippen LogP contribution < -0.4 is 5.32 Å². The summed E-state index contributed by atoms with van der Waals surface area (Å²) in [5, 5.41) is 13.1. The molecule has 1 aliphatic heterocycles. The topological polar surface area (TPSA) is 145 Å². The lowest BCUT2D eigenvalue weighted by Crippen LogP contribution is -2.40. The summed E-state index contributed by atoms with van der Waals surface area (Å²) in [6.45, 7) is 0.563. The second kappa shape index (κ2) is 10.8. The van der Waals surface area contributed by atoms with Crippen molar-refractivity contribution < 1.29 is 32.4 Å². The Hall–Kier alpha value is -3.61. The van der Waals surface area contributed by atoms with Crippen LogP contribution in [-0.2, 0) is 29.1 Å². The molecule has 0 spiro atoms. The van der Waals surface area contributed by atoms with Crippen molar-refractivity contribution in [1.82, 2.24) is 4.31 Å². The number of non-ortho nitro benzene ring substituents is 1. The van der Waals surface area contributed by atoms with E-state index in [4.69, 9.17) is 9.47 Å². The van der Waals surface area contributed by atoms with Crippen molar-refractivity contribution in [2.75, 3.05) is 38.2 Å². The van der Waals surface area contributed by atoms with Gasteiger partial charge in [-0.05, 0) is 42.0 Å². The standard InChI is InChI=1S/C21H21N3O8S/c25-20(15-32-21(26)9-6-16-4-7-18(8-5-16)24(27)28)22-17-2-1-3-19(14-17)33(29,30)23-10-12-31-13-11-23/h1-9,14H,10-13,15H2,(H,22,25). The zero-order chi connectivity index (χ0) is 23.8. The van der Waals surface area contributed by atoms with E-state index in [9.17, 15) is 28.1 Å². The number of carbonyl (C=O) groups excluding carboxylic acids is 2. The van der Waals surface area contributed by atoms with Crippen LogP contribution in [0.25, 0.3) is 6.08 Å². The lowest BCUT2D eigenvalue weighted by atomic mass is 10.2. The number of nitro benzene ring substituents is 1. The quantitative estimate of drug-likeness (QED) is 0.263. The van der Waals surface area contributed by atoms with Crippen molar-refractivity contribution in [2.45, 2.75) is 4.90 Å². The number of hydrogen-bond donors (Lipinski definition) is 1. The van der Waals surface area contributed by atoms with Gasteiger partial charge in [0.1, 0.15) is 0 Å². The van der Waals surface area contributed by atoms with Crippen LogP contribution in [0.4, 0.5) is 11.4 Å². The molecular weight excluding hydrogens is 454 g/mol. The van der Waals surface area contributed by atoms with Gasteiger partial charge in [-0.3, -0.25) is 14.9 Å². The van der Waals surface area contributed by atoms with Crippen LogP contribution in [0.1, 0.15) is 5.56 Å². The number of nitro groups is 1. The first-order chi connectivity index (χ1) is 15.8. The minimum atomic E-state index is -3.72. The highest BCUT2D eigenvalue weighted by molar-refractivity contribution is 7.89. The van der Waals surface area contributed by atoms with E-state index in [1.54, 1.807) is 0 Å². The molecule has 33 heavy (non-hydrogen) atoms. The van der Waals surface area contributed by atoms with Gasteiger partial charge in [-0.1, -0.05) is 6.07 Å². The van der Waals surface area contributed by atoms with Gasteiger partial charge in [0.2, 0.25) is 10.0 Å². The first kappa shape index (κ1) is 24.0. The molecular formula is C21H21N3O8S. The van der Waals surface area contributed by atoms with Gasteiger partial charge in [-0.2, -0.15) is 4.31 Å². The molecule has 1 amide bonds. The van der Waals surface area contributed by atoms with Crippen molar-refractivity contribution in [1.29, 1.82) is 0 Å². The van der Waals surface area contributed by atoms with Gasteiger partial charge in [-0.15, -0.1) is 0 Å². The van der Waals surface area contributed by atoms with Crippen LogP contribution >= 0.6 is 0 Å². The first-order valence-corrected chi connectivity index (χ1v) is 11.3. The van der Waals surface area contributed by atoms with Gasteiger partial charge >= 0.3 is 5.97 Å². The van der Waals surface area contributed by atoms with Gasteiger partial charge in [-0.25, -0.2) is 13.2 Å². The maximum absolute atomic E-state index is 12.7. The zero-order valence-electron chi connectivity index (χ0n) is 17.4. The van der Waals surface area contributed by atoms with E-state index in [-0.39, 0.29) is 29.4 Å². The predicted molar refractivity (Wildman–Crippen MR) is 118 cm³/mol. The number of nitrogens with zero attached hydrogens (tertiary/aromatic N) is 2. The lowest BCUT2D eigenvalue weighted by molar-refractivity contribution is -0.384. The number of benzene rings is 2. The summed E-state index contributed by atoms with van der Waals surface area (Å²) in [6, 6.07) is 11.3. The number of ether oxygens (including phenoxy) is 2. The number of sulfonamides is 1. The van der Waals surface area contributed by atoms with E-state index in [1.165, 1.54) is 58.9 Å². The van der Waals surface area contributed by atoms with Crippen molar-refractivity contribution in [3.05, 3.63) is 70.3 Å². The summed E-state index contributed by atoms with van der Waals surface area (Å²) in [6.07, 6.45) is 2.48. The Labute approximate surface area is 189 Å². The third kappa shape index (κ3) is 6.68. The second-order valence-electron chi connectivity index (χ2n) is 6.88. The summed E-state index contributed by atoms with van der Waals surface area (Å²) in [4.78, 5) is 34.1. The lowest BCUT2D eigenvalue weighted by Gasteiger charge is -2.26. The monoisotopic (exact) mass is 475 g/mol. The average molecular weight is 475 g/mol. The smallest absolute Gasteiger partial charge is 0.331 e. The van der Waals surface area contributed by atoms with Crippen LogP contribution in [0.3, 0.4) is 0 Å². The van der Waals surface area contributed by atoms with Crippen LogP contribution in [-0.4, -0.2) is 62.4 Å². The third-order valence-electron chi connectivity index (χ3n) is 4.59. The van der Waals surface area contributed by atoms with Gasteiger partial charge in [0.15, 0.2) is 6.61 Å². The summed E-state index contributed by atoms with van der Waals surface area (Å²) in [5.41, 5.74) is 0.709. The molecule has 3 rings (SSSR count). The van der Waals surface area contributed by atoms with Gasteiger partial charge in [0.25, 0.3) is 11.6 Å². The molecule has 12 heteroatoms. The van der Waals surface area contributed by atoms with Crippen molar-refractivity contribution in [3.8, 4) is 0 Å². The molecule has 0 radical (unpaired) electrons. The van der Waals surface area contributed by atoms with Crippen LogP contribution in [0.5, 0.6) is 0 Å². The molecule has 174 valence electrons. The summed E-state index contributed by atoms with van der Waals surface area (Å²) in [7, 11) is -3.72. The van der Waals surface area contributed by atoms with Crippen LogP contribution in [0.15, 0.2) is 59.5 Å². The summed E-state index contributed by atoms with van der Waals surface area (Å²) in [5.74, 6) is -1.43. The maximum atomic E-state index is 12.7. The molecule has 1 saturated heterocycles. The molecule has 1 fully saturated rings. The molecule has 1 aliphatic rings. The molecule has 0 atom stereocenters. The van der Waals surface area contributed by atoms with Crippen LogP contribution in [0, 0.1) is 10.1 Å². The Balaban J connectivity index is 1.52. The van der Waals surface area contributed by atoms with Crippen LogP contribution in [0.2, 0.25) is 0 Å². The number of hydrogen-bond acceptors (Lipinski definition) is 8. The molecule has 1 heterocycles. The SMILES string of the molecule is O=C(COC(=O)C=Cc1ccc([N+](=O)[O-])cc1)Nc1cccc(S(=O)(=O)N2CCOCC2)c1. The van der Waals surface area contributed by atoms with E-state index in [1.807, 2.05) is 0 Å². The first-order valence-electron chi connectivity index (χ1n) is 9.83.